The summed E-state index contributed by atoms with van der Waals surface area (Å²) in [7, 11) is 0. The lowest BCUT2D eigenvalue weighted by Crippen LogP contribution is -2.45. The van der Waals surface area contributed by atoms with Crippen molar-refractivity contribution in [3.63, 3.8) is 0 Å². The van der Waals surface area contributed by atoms with Crippen LogP contribution >= 0.6 is 0 Å². The van der Waals surface area contributed by atoms with Crippen molar-refractivity contribution in [1.82, 2.24) is 10.2 Å². The molecule has 0 radical (unpaired) electrons. The summed E-state index contributed by atoms with van der Waals surface area (Å²) in [5, 5.41) is 6.16. The third-order valence-electron chi connectivity index (χ3n) is 4.32. The summed E-state index contributed by atoms with van der Waals surface area (Å²) in [5.41, 5.74) is 2.70. The van der Waals surface area contributed by atoms with Crippen LogP contribution in [0, 0.1) is 0 Å². The van der Waals surface area contributed by atoms with Crippen molar-refractivity contribution >= 4 is 10.8 Å². The van der Waals surface area contributed by atoms with Gasteiger partial charge in [0.25, 0.3) is 0 Å². The summed E-state index contributed by atoms with van der Waals surface area (Å²) >= 11 is 0. The molecule has 110 valence electrons. The van der Waals surface area contributed by atoms with Crippen LogP contribution in [0.15, 0.2) is 54.6 Å². The topological polar surface area (TPSA) is 15.3 Å². The fourth-order valence-electron chi connectivity index (χ4n) is 3.30. The third-order valence-corrected chi connectivity index (χ3v) is 4.32. The van der Waals surface area contributed by atoms with Gasteiger partial charge in [-0.05, 0) is 29.7 Å². The smallest absolute Gasteiger partial charge is 0.0392 e. The van der Waals surface area contributed by atoms with Crippen molar-refractivity contribution in [3.05, 3.63) is 60.2 Å². The van der Waals surface area contributed by atoms with Gasteiger partial charge in [0.15, 0.2) is 0 Å². The zero-order chi connectivity index (χ0) is 14.7. The lowest BCUT2D eigenvalue weighted by molar-refractivity contribution is 0.173. The summed E-state index contributed by atoms with van der Waals surface area (Å²) < 4.78 is 0. The standard InChI is InChI=1S/C19H24N2/c1-15(2)14-19(21-12-10-20-11-13-21)18-9-5-7-16-6-3-4-8-17(16)18/h3-9,19-20H,1,10-14H2,2H3/t19-/m0/s1. The Morgan fingerprint density at radius 3 is 2.62 bits per heavy atom. The molecule has 1 aliphatic rings. The Morgan fingerprint density at radius 2 is 1.86 bits per heavy atom. The second-order valence-electron chi connectivity index (χ2n) is 6.03. The molecule has 1 N–H and O–H groups in total. The number of nitrogens with one attached hydrogen (secondary N) is 1. The van der Waals surface area contributed by atoms with E-state index in [-0.39, 0.29) is 0 Å². The predicted molar refractivity (Wildman–Crippen MR) is 90.6 cm³/mol. The van der Waals surface area contributed by atoms with Crippen molar-refractivity contribution in [2.45, 2.75) is 19.4 Å². The lowest BCUT2D eigenvalue weighted by atomic mass is 9.93. The average molecular weight is 280 g/mol. The number of piperazine rings is 1. The summed E-state index contributed by atoms with van der Waals surface area (Å²) in [6.07, 6.45) is 1.04. The molecule has 0 aliphatic carbocycles. The van der Waals surface area contributed by atoms with Crippen LogP contribution in [0.25, 0.3) is 10.8 Å². The molecule has 0 spiro atoms. The van der Waals surface area contributed by atoms with Crippen molar-refractivity contribution < 1.29 is 0 Å². The number of hydrogen-bond acceptors (Lipinski definition) is 2. The van der Waals surface area contributed by atoms with Crippen molar-refractivity contribution in [2.75, 3.05) is 26.2 Å². The summed E-state index contributed by atoms with van der Waals surface area (Å²) in [6.45, 7) is 10.7. The normalized spacial score (nSPS) is 17.8. The fourth-order valence-corrected chi connectivity index (χ4v) is 3.30. The van der Waals surface area contributed by atoms with Gasteiger partial charge >= 0.3 is 0 Å². The molecule has 0 amide bonds. The van der Waals surface area contributed by atoms with Gasteiger partial charge in [-0.1, -0.05) is 48.0 Å². The minimum absolute atomic E-state index is 0.440. The van der Waals surface area contributed by atoms with E-state index >= 15 is 0 Å². The quantitative estimate of drug-likeness (QED) is 0.858. The van der Waals surface area contributed by atoms with E-state index in [1.807, 2.05) is 0 Å². The molecule has 1 heterocycles. The van der Waals surface area contributed by atoms with Gasteiger partial charge in [0.05, 0.1) is 0 Å². The second kappa shape index (κ2) is 6.42. The first-order chi connectivity index (χ1) is 10.3. The lowest BCUT2D eigenvalue weighted by Gasteiger charge is -2.36. The molecule has 1 saturated heterocycles. The van der Waals surface area contributed by atoms with Crippen LogP contribution < -0.4 is 5.32 Å². The van der Waals surface area contributed by atoms with E-state index in [9.17, 15) is 0 Å². The van der Waals surface area contributed by atoms with Gasteiger partial charge in [0.1, 0.15) is 0 Å². The van der Waals surface area contributed by atoms with E-state index in [1.54, 1.807) is 0 Å². The van der Waals surface area contributed by atoms with E-state index < -0.39 is 0 Å². The largest absolute Gasteiger partial charge is 0.314 e. The molecule has 2 aromatic carbocycles. The maximum atomic E-state index is 4.15. The van der Waals surface area contributed by atoms with Gasteiger partial charge in [-0.2, -0.15) is 0 Å². The highest BCUT2D eigenvalue weighted by molar-refractivity contribution is 5.86. The van der Waals surface area contributed by atoms with E-state index in [4.69, 9.17) is 0 Å². The Morgan fingerprint density at radius 1 is 1.14 bits per heavy atom. The summed E-state index contributed by atoms with van der Waals surface area (Å²) in [5.74, 6) is 0. The van der Waals surface area contributed by atoms with Gasteiger partial charge in [-0.15, -0.1) is 6.58 Å². The van der Waals surface area contributed by atoms with Crippen molar-refractivity contribution in [2.24, 2.45) is 0 Å². The molecule has 2 aromatic rings. The predicted octanol–water partition coefficient (Wildman–Crippen LogP) is 3.75. The number of rotatable bonds is 4. The molecule has 1 fully saturated rings. The van der Waals surface area contributed by atoms with E-state index in [2.05, 4.69) is 66.2 Å². The first kappa shape index (κ1) is 14.3. The Kier molecular flexibility index (Phi) is 4.37. The number of fused-ring (bicyclic) bond motifs is 1. The minimum atomic E-state index is 0.440. The highest BCUT2D eigenvalue weighted by Gasteiger charge is 2.23. The van der Waals surface area contributed by atoms with Gasteiger partial charge in [0, 0.05) is 32.2 Å². The number of nitrogens with zero attached hydrogens (tertiary/aromatic N) is 1. The maximum absolute atomic E-state index is 4.15. The number of hydrogen-bond donors (Lipinski definition) is 1. The fraction of sp³-hybridized carbons (Fsp3) is 0.368. The second-order valence-corrected chi connectivity index (χ2v) is 6.03. The Balaban J connectivity index is 2.02. The summed E-state index contributed by atoms with van der Waals surface area (Å²) in [4.78, 5) is 2.60. The molecule has 0 bridgehead atoms. The van der Waals surface area contributed by atoms with Gasteiger partial charge < -0.3 is 5.32 Å². The van der Waals surface area contributed by atoms with Gasteiger partial charge in [0.2, 0.25) is 0 Å². The molecule has 1 atom stereocenters. The van der Waals surface area contributed by atoms with Gasteiger partial charge in [-0.3, -0.25) is 4.90 Å². The molecule has 3 rings (SSSR count). The molecule has 0 aromatic heterocycles. The highest BCUT2D eigenvalue weighted by atomic mass is 15.2. The van der Waals surface area contributed by atoms with Crippen LogP contribution in [-0.2, 0) is 0 Å². The SMILES string of the molecule is C=C(C)C[C@@H](c1cccc2ccccc12)N1CCNCC1. The van der Waals surface area contributed by atoms with Crippen LogP contribution in [0.1, 0.15) is 24.9 Å². The molecule has 2 nitrogen and oxygen atoms in total. The molecule has 0 unspecified atom stereocenters. The van der Waals surface area contributed by atoms with E-state index in [0.717, 1.165) is 32.6 Å². The third kappa shape index (κ3) is 3.17. The average Bonchev–Trinajstić information content (AvgIpc) is 2.53. The molecule has 21 heavy (non-hydrogen) atoms. The maximum Gasteiger partial charge on any atom is 0.0392 e. The van der Waals surface area contributed by atoms with Crippen LogP contribution in [0.2, 0.25) is 0 Å². The van der Waals surface area contributed by atoms with Crippen LogP contribution in [0.4, 0.5) is 0 Å². The van der Waals surface area contributed by atoms with Crippen molar-refractivity contribution in [3.8, 4) is 0 Å². The van der Waals surface area contributed by atoms with Gasteiger partial charge in [-0.25, -0.2) is 0 Å². The zero-order valence-corrected chi connectivity index (χ0v) is 12.8. The Bertz CT molecular complexity index is 621. The first-order valence-electron chi connectivity index (χ1n) is 7.82. The highest BCUT2D eigenvalue weighted by Crippen LogP contribution is 2.32. The summed E-state index contributed by atoms with van der Waals surface area (Å²) in [6, 6.07) is 15.8. The van der Waals surface area contributed by atoms with E-state index in [0.29, 0.717) is 6.04 Å². The first-order valence-corrected chi connectivity index (χ1v) is 7.82. The Hall–Kier alpha value is -1.64. The molecule has 2 heteroatoms. The van der Waals surface area contributed by atoms with Crippen molar-refractivity contribution in [1.29, 1.82) is 0 Å². The van der Waals surface area contributed by atoms with Crippen LogP contribution in [0.3, 0.4) is 0 Å². The number of benzene rings is 2. The monoisotopic (exact) mass is 280 g/mol. The molecule has 1 aliphatic heterocycles. The Labute approximate surface area is 127 Å². The molecular formula is C19H24N2. The molecular weight excluding hydrogens is 256 g/mol. The van der Waals surface area contributed by atoms with Crippen LogP contribution in [-0.4, -0.2) is 31.1 Å². The zero-order valence-electron chi connectivity index (χ0n) is 12.8. The van der Waals surface area contributed by atoms with E-state index in [1.165, 1.54) is 21.9 Å². The van der Waals surface area contributed by atoms with Crippen LogP contribution in [0.5, 0.6) is 0 Å². The molecule has 0 saturated carbocycles. The minimum Gasteiger partial charge on any atom is -0.314 e.